The molecule has 0 heterocycles. The Balaban J connectivity index is 0.00000225. The van der Waals surface area contributed by atoms with Gasteiger partial charge in [-0.3, -0.25) is 0 Å². The minimum Gasteiger partial charge on any atom is -0.522 e. The van der Waals surface area contributed by atoms with E-state index in [0.717, 1.165) is 15.6 Å². The van der Waals surface area contributed by atoms with E-state index < -0.39 is 13.5 Å². The molecule has 0 atom stereocenters. The van der Waals surface area contributed by atoms with Crippen LogP contribution in [0.4, 0.5) is 12.9 Å². The summed E-state index contributed by atoms with van der Waals surface area (Å²) in [5.41, 5.74) is 1.72. The van der Waals surface area contributed by atoms with E-state index in [4.69, 9.17) is 0 Å². The normalized spacial score (nSPS) is 10.9. The first kappa shape index (κ1) is 17.0. The fraction of sp³-hybridized carbons (Fsp3) is 0.333. The molecule has 1 aromatic rings. The first-order chi connectivity index (χ1) is 6.79. The van der Waals surface area contributed by atoms with E-state index in [1.54, 1.807) is 12.1 Å². The van der Waals surface area contributed by atoms with Gasteiger partial charge in [0.25, 0.3) is 0 Å². The molecule has 1 rings (SSSR count). The number of rotatable bonds is 3. The summed E-state index contributed by atoms with van der Waals surface area (Å²) in [6.07, 6.45) is 0. The average molecular weight is 321 g/mol. The largest absolute Gasteiger partial charge is 1.00 e. The van der Waals surface area contributed by atoms with Crippen molar-refractivity contribution in [3.05, 3.63) is 27.7 Å². The van der Waals surface area contributed by atoms with Gasteiger partial charge < -0.3 is 17.7 Å². The van der Waals surface area contributed by atoms with Crippen molar-refractivity contribution in [1.29, 1.82) is 0 Å². The molecule has 0 saturated carbocycles. The predicted molar refractivity (Wildman–Crippen MR) is 58.2 cm³/mol. The second-order valence-corrected chi connectivity index (χ2v) is 4.19. The Bertz CT molecular complexity index is 347. The van der Waals surface area contributed by atoms with Crippen molar-refractivity contribution in [3.8, 4) is 5.75 Å². The molecule has 7 heteroatoms. The Kier molecular flexibility index (Phi) is 7.22. The molecule has 0 aromatic heterocycles. The van der Waals surface area contributed by atoms with Crippen LogP contribution in [0.15, 0.2) is 16.6 Å². The molecule has 0 radical (unpaired) electrons. The van der Waals surface area contributed by atoms with Gasteiger partial charge in [0, 0.05) is 4.47 Å². The molecule has 0 aliphatic heterocycles. The van der Waals surface area contributed by atoms with Crippen LogP contribution in [-0.4, -0.2) is 13.5 Å². The Morgan fingerprint density at radius 2 is 1.62 bits per heavy atom. The first-order valence-corrected chi connectivity index (χ1v) is 5.19. The van der Waals surface area contributed by atoms with Gasteiger partial charge in [-0.15, -0.1) is 0 Å². The second kappa shape index (κ2) is 6.80. The molecule has 0 bridgehead atoms. The van der Waals surface area contributed by atoms with Crippen LogP contribution in [0, 0.1) is 13.8 Å². The zero-order valence-electron chi connectivity index (χ0n) is 9.36. The van der Waals surface area contributed by atoms with Crippen LogP contribution in [0.2, 0.25) is 0 Å². The minimum atomic E-state index is -4.89. The summed E-state index contributed by atoms with van der Waals surface area (Å²) in [7, 11) is 0. The quantitative estimate of drug-likeness (QED) is 0.750. The molecule has 84 valence electrons. The summed E-state index contributed by atoms with van der Waals surface area (Å²) in [6, 6.07) is 3.16. The van der Waals surface area contributed by atoms with E-state index in [2.05, 4.69) is 20.7 Å². The number of benzene rings is 1. The Morgan fingerprint density at radius 1 is 1.19 bits per heavy atom. The summed E-state index contributed by atoms with van der Waals surface area (Å²) in [4.78, 5) is 0. The van der Waals surface area contributed by atoms with Crippen LogP contribution in [-0.2, 0) is 0 Å². The molecule has 16 heavy (non-hydrogen) atoms. The van der Waals surface area contributed by atoms with E-state index >= 15 is 0 Å². The van der Waals surface area contributed by atoms with Gasteiger partial charge in [-0.05, 0) is 37.1 Å². The van der Waals surface area contributed by atoms with Gasteiger partial charge in [-0.25, -0.2) is 0 Å². The van der Waals surface area contributed by atoms with Gasteiger partial charge in [0.15, 0.2) is 0 Å². The topological polar surface area (TPSA) is 9.23 Å². The van der Waals surface area contributed by atoms with Crippen molar-refractivity contribution in [3.63, 3.8) is 0 Å². The summed E-state index contributed by atoms with van der Waals surface area (Å²) < 4.78 is 41.4. The van der Waals surface area contributed by atoms with Crippen molar-refractivity contribution < 1.29 is 69.1 Å². The maximum absolute atomic E-state index is 11.9. The first-order valence-electron chi connectivity index (χ1n) is 4.40. The standard InChI is InChI=1S/C9H10BBrF3O.K/c1-6-3-8(4-7(2)9(6)11)15-5-10(12,13)14;/h3-4H,5H2,1-2H3;/q-1;+1. The second-order valence-electron chi connectivity index (χ2n) is 3.39. The smallest absolute Gasteiger partial charge is 0.522 e. The van der Waals surface area contributed by atoms with Crippen molar-refractivity contribution >= 4 is 22.9 Å². The van der Waals surface area contributed by atoms with Crippen LogP contribution in [0.5, 0.6) is 5.75 Å². The fourth-order valence-electron chi connectivity index (χ4n) is 1.18. The summed E-state index contributed by atoms with van der Waals surface area (Å²) >= 11 is 3.33. The number of hydrogen-bond donors (Lipinski definition) is 0. The van der Waals surface area contributed by atoms with E-state index in [9.17, 15) is 12.9 Å². The minimum absolute atomic E-state index is 0. The molecule has 1 nitrogen and oxygen atoms in total. The van der Waals surface area contributed by atoms with Crippen LogP contribution < -0.4 is 56.1 Å². The number of halogens is 4. The number of hydrogen-bond acceptors (Lipinski definition) is 1. The Labute approximate surface area is 144 Å². The van der Waals surface area contributed by atoms with Crippen molar-refractivity contribution in [2.75, 3.05) is 6.51 Å². The molecule has 1 aromatic carbocycles. The number of ether oxygens (including phenoxy) is 1. The average Bonchev–Trinajstić information content (AvgIpc) is 2.09. The van der Waals surface area contributed by atoms with E-state index in [-0.39, 0.29) is 57.1 Å². The molecule has 0 aliphatic rings. The van der Waals surface area contributed by atoms with E-state index in [1.165, 1.54) is 0 Å². The third-order valence-corrected chi connectivity index (χ3v) is 3.10. The van der Waals surface area contributed by atoms with Crippen molar-refractivity contribution in [2.45, 2.75) is 13.8 Å². The third kappa shape index (κ3) is 5.55. The predicted octanol–water partition coefficient (Wildman–Crippen LogP) is 0.835. The zero-order chi connectivity index (χ0) is 11.6. The van der Waals surface area contributed by atoms with Gasteiger partial charge in [0.05, 0.1) is 6.51 Å². The maximum atomic E-state index is 11.9. The molecule has 0 N–H and O–H groups in total. The van der Waals surface area contributed by atoms with Crippen LogP contribution in [0.25, 0.3) is 0 Å². The third-order valence-electron chi connectivity index (χ3n) is 1.85. The molecular weight excluding hydrogens is 311 g/mol. The van der Waals surface area contributed by atoms with Gasteiger partial charge in [-0.2, -0.15) is 0 Å². The Morgan fingerprint density at radius 3 is 2.00 bits per heavy atom. The monoisotopic (exact) mass is 320 g/mol. The Hall–Kier alpha value is 0.991. The summed E-state index contributed by atoms with van der Waals surface area (Å²) in [6.45, 7) is -2.47. The van der Waals surface area contributed by atoms with Gasteiger partial charge in [0.2, 0.25) is 0 Å². The molecular formula is C9H10BBrF3KO. The van der Waals surface area contributed by atoms with Gasteiger partial charge in [-0.1, -0.05) is 15.9 Å². The maximum Gasteiger partial charge on any atom is 1.00 e. The van der Waals surface area contributed by atoms with Gasteiger partial charge >= 0.3 is 58.4 Å². The van der Waals surface area contributed by atoms with Crippen LogP contribution >= 0.6 is 15.9 Å². The van der Waals surface area contributed by atoms with Crippen LogP contribution in [0.3, 0.4) is 0 Å². The van der Waals surface area contributed by atoms with Crippen molar-refractivity contribution in [1.82, 2.24) is 0 Å². The molecule has 0 spiro atoms. The molecule has 0 amide bonds. The molecule has 0 fully saturated rings. The van der Waals surface area contributed by atoms with Crippen molar-refractivity contribution in [2.24, 2.45) is 0 Å². The molecule has 0 saturated heterocycles. The van der Waals surface area contributed by atoms with Gasteiger partial charge in [0.1, 0.15) is 5.75 Å². The SMILES string of the molecule is Cc1cc(OC[B-](F)(F)F)cc(C)c1Br.[K+]. The van der Waals surface area contributed by atoms with E-state index in [1.807, 2.05) is 13.8 Å². The van der Waals surface area contributed by atoms with E-state index in [0.29, 0.717) is 0 Å². The fourth-order valence-corrected chi connectivity index (χ4v) is 1.41. The summed E-state index contributed by atoms with van der Waals surface area (Å²) in [5, 5.41) is 0. The number of aryl methyl sites for hydroxylation is 2. The van der Waals surface area contributed by atoms with Crippen LogP contribution in [0.1, 0.15) is 11.1 Å². The zero-order valence-corrected chi connectivity index (χ0v) is 14.1. The molecule has 0 unspecified atom stereocenters. The molecule has 0 aliphatic carbocycles. The summed E-state index contributed by atoms with van der Waals surface area (Å²) in [5.74, 6) is 0.257.